The molecule has 2 aliphatic rings. The number of carbonyl (C=O) groups is 2. The molecule has 0 aromatic carbocycles. The van der Waals surface area contributed by atoms with E-state index < -0.39 is 17.7 Å². The van der Waals surface area contributed by atoms with Crippen molar-refractivity contribution in [3.05, 3.63) is 54.1 Å². The maximum atomic E-state index is 13.9. The number of rotatable bonds is 5. The SMILES string of the molecule is Cc1ccc(N2CCN(CC(C)C)C3(CCN(Cc4ccccn4)CC3)C2=O)cn1.O=C(O)C(F)(F)F. The molecule has 0 unspecified atom stereocenters. The zero-order valence-corrected chi connectivity index (χ0v) is 21.4. The highest BCUT2D eigenvalue weighted by Gasteiger charge is 2.51. The van der Waals surface area contributed by atoms with Gasteiger partial charge in [-0.15, -0.1) is 0 Å². The predicted octanol–water partition coefficient (Wildman–Crippen LogP) is 3.76. The Morgan fingerprint density at radius 1 is 1.08 bits per heavy atom. The van der Waals surface area contributed by atoms with Crippen molar-refractivity contribution < 1.29 is 27.9 Å². The molecule has 202 valence electrons. The minimum atomic E-state index is -5.08. The Hall–Kier alpha value is -3.05. The van der Waals surface area contributed by atoms with E-state index in [9.17, 15) is 18.0 Å². The molecule has 1 N–H and O–H groups in total. The van der Waals surface area contributed by atoms with Crippen LogP contribution in [0.25, 0.3) is 0 Å². The maximum Gasteiger partial charge on any atom is 0.490 e. The summed E-state index contributed by atoms with van der Waals surface area (Å²) in [5.74, 6) is -1.97. The Morgan fingerprint density at radius 3 is 2.27 bits per heavy atom. The molecule has 4 rings (SSSR count). The van der Waals surface area contributed by atoms with Gasteiger partial charge in [0, 0.05) is 51.2 Å². The first-order valence-corrected chi connectivity index (χ1v) is 12.3. The smallest absolute Gasteiger partial charge is 0.475 e. The first kappa shape index (κ1) is 28.5. The number of piperidine rings is 1. The lowest BCUT2D eigenvalue weighted by Crippen LogP contribution is -2.69. The normalized spacial score (nSPS) is 18.6. The Kier molecular flexibility index (Phi) is 9.25. The monoisotopic (exact) mass is 521 g/mol. The van der Waals surface area contributed by atoms with Gasteiger partial charge in [-0.1, -0.05) is 19.9 Å². The zero-order valence-electron chi connectivity index (χ0n) is 21.4. The molecule has 2 fully saturated rings. The first-order chi connectivity index (χ1) is 17.4. The second-order valence-corrected chi connectivity index (χ2v) is 9.89. The number of likely N-dealkylation sites (tertiary alicyclic amines) is 1. The van der Waals surface area contributed by atoms with Crippen molar-refractivity contribution in [3.8, 4) is 0 Å². The molecule has 0 bridgehead atoms. The Morgan fingerprint density at radius 2 is 1.76 bits per heavy atom. The van der Waals surface area contributed by atoms with Crippen LogP contribution in [0.15, 0.2) is 42.7 Å². The van der Waals surface area contributed by atoms with Gasteiger partial charge >= 0.3 is 12.1 Å². The molecular weight excluding hydrogens is 487 g/mol. The highest BCUT2D eigenvalue weighted by molar-refractivity contribution is 6.01. The average molecular weight is 522 g/mol. The van der Waals surface area contributed by atoms with Gasteiger partial charge in [0.15, 0.2) is 0 Å². The summed E-state index contributed by atoms with van der Waals surface area (Å²) in [5.41, 5.74) is 2.58. The van der Waals surface area contributed by atoms with Crippen molar-refractivity contribution in [1.82, 2.24) is 19.8 Å². The second-order valence-electron chi connectivity index (χ2n) is 9.89. The van der Waals surface area contributed by atoms with Crippen LogP contribution < -0.4 is 4.90 Å². The van der Waals surface area contributed by atoms with Crippen molar-refractivity contribution >= 4 is 17.6 Å². The van der Waals surface area contributed by atoms with Crippen molar-refractivity contribution in [1.29, 1.82) is 0 Å². The number of aromatic nitrogens is 2. The van der Waals surface area contributed by atoms with Crippen LogP contribution in [0.4, 0.5) is 18.9 Å². The third-order valence-electron chi connectivity index (χ3n) is 6.67. The largest absolute Gasteiger partial charge is 0.490 e. The molecule has 2 saturated heterocycles. The van der Waals surface area contributed by atoms with E-state index >= 15 is 0 Å². The molecule has 2 aromatic heterocycles. The van der Waals surface area contributed by atoms with E-state index in [4.69, 9.17) is 9.90 Å². The molecule has 4 heterocycles. The fourth-order valence-corrected chi connectivity index (χ4v) is 4.83. The summed E-state index contributed by atoms with van der Waals surface area (Å²) >= 11 is 0. The number of carbonyl (C=O) groups excluding carboxylic acids is 1. The van der Waals surface area contributed by atoms with Gasteiger partial charge in [-0.3, -0.25) is 24.6 Å². The fraction of sp³-hybridized carbons (Fsp3) is 0.538. The molecule has 11 heteroatoms. The summed E-state index contributed by atoms with van der Waals surface area (Å²) < 4.78 is 31.7. The van der Waals surface area contributed by atoms with Crippen LogP contribution in [0.3, 0.4) is 0 Å². The van der Waals surface area contributed by atoms with Gasteiger partial charge in [0.1, 0.15) is 5.54 Å². The van der Waals surface area contributed by atoms with Crippen LogP contribution in [0.2, 0.25) is 0 Å². The summed E-state index contributed by atoms with van der Waals surface area (Å²) in [6, 6.07) is 10.1. The van der Waals surface area contributed by atoms with Crippen LogP contribution in [0.5, 0.6) is 0 Å². The van der Waals surface area contributed by atoms with Crippen molar-refractivity contribution in [3.63, 3.8) is 0 Å². The number of amides is 1. The lowest BCUT2D eigenvalue weighted by Gasteiger charge is -2.53. The maximum absolute atomic E-state index is 13.9. The molecule has 2 aromatic rings. The van der Waals surface area contributed by atoms with Crippen LogP contribution >= 0.6 is 0 Å². The van der Waals surface area contributed by atoms with Gasteiger partial charge in [-0.2, -0.15) is 13.2 Å². The standard InChI is InChI=1S/C24H33N5O.C2HF3O2/c1-19(2)17-28-14-15-29(22-8-7-20(3)26-16-22)23(30)24(28)9-12-27(13-10-24)18-21-6-4-5-11-25-21;3-2(4,5)1(6)7/h4-8,11,16,19H,9-10,12-15,17-18H2,1-3H3;(H,6,7). The first-order valence-electron chi connectivity index (χ1n) is 12.3. The number of hydrogen-bond acceptors (Lipinski definition) is 6. The van der Waals surface area contributed by atoms with Crippen molar-refractivity contribution in [2.24, 2.45) is 5.92 Å². The zero-order chi connectivity index (χ0) is 27.2. The Labute approximate surface area is 215 Å². The highest BCUT2D eigenvalue weighted by Crippen LogP contribution is 2.36. The number of carboxylic acids is 1. The van der Waals surface area contributed by atoms with E-state index in [2.05, 4.69) is 39.7 Å². The lowest BCUT2D eigenvalue weighted by atomic mass is 9.81. The Bertz CT molecular complexity index is 1040. The number of halogens is 3. The number of alkyl halides is 3. The lowest BCUT2D eigenvalue weighted by molar-refractivity contribution is -0.192. The number of anilines is 1. The number of hydrogen-bond donors (Lipinski definition) is 1. The average Bonchev–Trinajstić information content (AvgIpc) is 2.84. The van der Waals surface area contributed by atoms with Crippen molar-refractivity contribution in [2.45, 2.75) is 51.9 Å². The van der Waals surface area contributed by atoms with Crippen LogP contribution in [0, 0.1) is 12.8 Å². The summed E-state index contributed by atoms with van der Waals surface area (Å²) in [7, 11) is 0. The molecule has 0 radical (unpaired) electrons. The number of carboxylic acid groups (broad SMARTS) is 1. The minimum Gasteiger partial charge on any atom is -0.475 e. The second kappa shape index (κ2) is 12.0. The molecule has 2 aliphatic heterocycles. The van der Waals surface area contributed by atoms with Gasteiger partial charge in [0.2, 0.25) is 5.91 Å². The Balaban J connectivity index is 0.000000479. The number of nitrogens with zero attached hydrogens (tertiary/aromatic N) is 5. The molecule has 0 atom stereocenters. The minimum absolute atomic E-state index is 0.248. The van der Waals surface area contributed by atoms with E-state index in [1.54, 1.807) is 0 Å². The van der Waals surface area contributed by atoms with E-state index in [1.807, 2.05) is 48.5 Å². The van der Waals surface area contributed by atoms with Crippen LogP contribution in [0.1, 0.15) is 38.1 Å². The molecule has 1 amide bonds. The van der Waals surface area contributed by atoms with Gasteiger partial charge in [-0.05, 0) is 49.9 Å². The molecule has 0 aliphatic carbocycles. The summed E-state index contributed by atoms with van der Waals surface area (Å²) in [5, 5.41) is 7.12. The number of aryl methyl sites for hydroxylation is 1. The van der Waals surface area contributed by atoms with E-state index in [-0.39, 0.29) is 5.91 Å². The molecule has 0 saturated carbocycles. The number of pyridine rings is 2. The van der Waals surface area contributed by atoms with Gasteiger partial charge in [0.05, 0.1) is 17.6 Å². The van der Waals surface area contributed by atoms with Crippen LogP contribution in [-0.2, 0) is 16.1 Å². The fourth-order valence-electron chi connectivity index (χ4n) is 4.83. The number of piperazine rings is 1. The van der Waals surface area contributed by atoms with E-state index in [0.717, 1.165) is 69.2 Å². The number of aliphatic carboxylic acids is 1. The highest BCUT2D eigenvalue weighted by atomic mass is 19.4. The van der Waals surface area contributed by atoms with Gasteiger partial charge in [0.25, 0.3) is 0 Å². The molecule has 37 heavy (non-hydrogen) atoms. The van der Waals surface area contributed by atoms with E-state index in [0.29, 0.717) is 5.92 Å². The molecule has 8 nitrogen and oxygen atoms in total. The van der Waals surface area contributed by atoms with E-state index in [1.165, 1.54) is 0 Å². The van der Waals surface area contributed by atoms with Crippen LogP contribution in [-0.4, -0.2) is 81.2 Å². The third kappa shape index (κ3) is 7.26. The van der Waals surface area contributed by atoms with Crippen molar-refractivity contribution in [2.75, 3.05) is 37.6 Å². The molecule has 1 spiro atoms. The topological polar surface area (TPSA) is 89.9 Å². The van der Waals surface area contributed by atoms with Gasteiger partial charge in [-0.25, -0.2) is 4.79 Å². The quantitative estimate of drug-likeness (QED) is 0.641. The third-order valence-corrected chi connectivity index (χ3v) is 6.67. The predicted molar refractivity (Wildman–Crippen MR) is 133 cm³/mol. The summed E-state index contributed by atoms with van der Waals surface area (Å²) in [6.45, 7) is 11.7. The summed E-state index contributed by atoms with van der Waals surface area (Å²) in [4.78, 5) is 38.5. The summed E-state index contributed by atoms with van der Waals surface area (Å²) in [6.07, 6.45) is 0.334. The molecular formula is C26H34F3N5O3. The van der Waals surface area contributed by atoms with Gasteiger partial charge < -0.3 is 10.0 Å².